The Morgan fingerprint density at radius 3 is 2.74 bits per heavy atom. The summed E-state index contributed by atoms with van der Waals surface area (Å²) < 4.78 is 0. The van der Waals surface area contributed by atoms with E-state index in [4.69, 9.17) is 0 Å². The van der Waals surface area contributed by atoms with Crippen molar-refractivity contribution in [3.05, 3.63) is 0 Å². The van der Waals surface area contributed by atoms with Gasteiger partial charge in [-0.15, -0.1) is 0 Å². The SMILES string of the molecule is CCCC1CCCN(C2CCC(CO)(NC)C2)CC1. The molecule has 112 valence electrons. The zero-order valence-corrected chi connectivity index (χ0v) is 12.8. The highest BCUT2D eigenvalue weighted by Gasteiger charge is 2.39. The smallest absolute Gasteiger partial charge is 0.0613 e. The minimum absolute atomic E-state index is 0.000207. The van der Waals surface area contributed by atoms with Crippen molar-refractivity contribution in [2.24, 2.45) is 5.92 Å². The first-order valence-corrected chi connectivity index (χ1v) is 8.27. The van der Waals surface area contributed by atoms with Crippen LogP contribution < -0.4 is 5.32 Å². The Morgan fingerprint density at radius 1 is 1.26 bits per heavy atom. The number of rotatable bonds is 5. The maximum atomic E-state index is 9.62. The second kappa shape index (κ2) is 7.05. The standard InChI is InChI=1S/C16H32N2O/c1-3-5-14-6-4-10-18(11-8-14)15-7-9-16(12-15,13-19)17-2/h14-15,17,19H,3-13H2,1-2H3. The third-order valence-electron chi connectivity index (χ3n) is 5.51. The van der Waals surface area contributed by atoms with Crippen molar-refractivity contribution in [1.29, 1.82) is 0 Å². The zero-order chi connectivity index (χ0) is 13.7. The molecule has 3 atom stereocenters. The third-order valence-corrected chi connectivity index (χ3v) is 5.51. The molecule has 0 bridgehead atoms. The lowest BCUT2D eigenvalue weighted by molar-refractivity contribution is 0.149. The first-order chi connectivity index (χ1) is 9.23. The molecule has 3 unspecified atom stereocenters. The number of nitrogens with one attached hydrogen (secondary N) is 1. The van der Waals surface area contributed by atoms with E-state index in [9.17, 15) is 5.11 Å². The van der Waals surface area contributed by atoms with Crippen LogP contribution in [-0.2, 0) is 0 Å². The molecule has 2 aliphatic rings. The number of likely N-dealkylation sites (tertiary alicyclic amines) is 1. The molecular weight excluding hydrogens is 236 g/mol. The van der Waals surface area contributed by atoms with Crippen molar-refractivity contribution < 1.29 is 5.11 Å². The number of hydrogen-bond acceptors (Lipinski definition) is 3. The number of hydrogen-bond donors (Lipinski definition) is 2. The molecule has 2 rings (SSSR count). The van der Waals surface area contributed by atoms with Gasteiger partial charge in [-0.3, -0.25) is 0 Å². The first-order valence-electron chi connectivity index (χ1n) is 8.27. The third kappa shape index (κ3) is 3.71. The van der Waals surface area contributed by atoms with Gasteiger partial charge in [0.2, 0.25) is 0 Å². The van der Waals surface area contributed by atoms with Gasteiger partial charge in [0.1, 0.15) is 0 Å². The van der Waals surface area contributed by atoms with E-state index >= 15 is 0 Å². The van der Waals surface area contributed by atoms with Crippen molar-refractivity contribution in [3.63, 3.8) is 0 Å². The summed E-state index contributed by atoms with van der Waals surface area (Å²) in [7, 11) is 2.00. The van der Waals surface area contributed by atoms with Crippen LogP contribution in [0, 0.1) is 5.92 Å². The van der Waals surface area contributed by atoms with E-state index in [0.29, 0.717) is 6.04 Å². The van der Waals surface area contributed by atoms with Gasteiger partial charge in [0, 0.05) is 11.6 Å². The summed E-state index contributed by atoms with van der Waals surface area (Å²) in [6, 6.07) is 0.694. The molecule has 0 radical (unpaired) electrons. The van der Waals surface area contributed by atoms with Crippen molar-refractivity contribution in [1.82, 2.24) is 10.2 Å². The number of likely N-dealkylation sites (N-methyl/N-ethyl adjacent to an activating group) is 1. The average Bonchev–Trinajstić information content (AvgIpc) is 2.74. The molecule has 1 heterocycles. The van der Waals surface area contributed by atoms with E-state index < -0.39 is 0 Å². The highest BCUT2D eigenvalue weighted by molar-refractivity contribution is 4.99. The molecule has 2 N–H and O–H groups in total. The molecule has 0 aromatic rings. The fraction of sp³-hybridized carbons (Fsp3) is 1.00. The molecule has 3 heteroatoms. The Morgan fingerprint density at radius 2 is 2.11 bits per heavy atom. The molecule has 1 saturated carbocycles. The lowest BCUT2D eigenvalue weighted by Crippen LogP contribution is -2.46. The van der Waals surface area contributed by atoms with Crippen LogP contribution in [0.3, 0.4) is 0 Å². The highest BCUT2D eigenvalue weighted by Crippen LogP contribution is 2.34. The normalized spacial score (nSPS) is 37.4. The summed E-state index contributed by atoms with van der Waals surface area (Å²) in [5.41, 5.74) is -0.000207. The lowest BCUT2D eigenvalue weighted by atomic mass is 9.96. The van der Waals surface area contributed by atoms with Crippen LogP contribution in [0.2, 0.25) is 0 Å². The van der Waals surface area contributed by atoms with Crippen LogP contribution in [0.15, 0.2) is 0 Å². The Hall–Kier alpha value is -0.120. The molecule has 0 aromatic heterocycles. The zero-order valence-electron chi connectivity index (χ0n) is 12.8. The Kier molecular flexibility index (Phi) is 5.67. The Balaban J connectivity index is 1.86. The molecule has 1 aliphatic heterocycles. The van der Waals surface area contributed by atoms with Crippen molar-refractivity contribution in [2.45, 2.75) is 69.9 Å². The molecule has 2 fully saturated rings. The molecule has 19 heavy (non-hydrogen) atoms. The summed E-state index contributed by atoms with van der Waals surface area (Å²) in [5, 5.41) is 13.0. The second-order valence-corrected chi connectivity index (χ2v) is 6.71. The van der Waals surface area contributed by atoms with Gasteiger partial charge in [0.15, 0.2) is 0 Å². The van der Waals surface area contributed by atoms with Gasteiger partial charge in [-0.25, -0.2) is 0 Å². The molecule has 1 saturated heterocycles. The van der Waals surface area contributed by atoms with Crippen LogP contribution in [0.5, 0.6) is 0 Å². The van der Waals surface area contributed by atoms with E-state index in [0.717, 1.165) is 18.8 Å². The first kappa shape index (κ1) is 15.3. The van der Waals surface area contributed by atoms with Crippen molar-refractivity contribution >= 4 is 0 Å². The van der Waals surface area contributed by atoms with Gasteiger partial charge in [0.05, 0.1) is 6.61 Å². The van der Waals surface area contributed by atoms with Gasteiger partial charge in [-0.05, 0) is 64.6 Å². The molecule has 0 spiro atoms. The highest BCUT2D eigenvalue weighted by atomic mass is 16.3. The van der Waals surface area contributed by atoms with Gasteiger partial charge in [0.25, 0.3) is 0 Å². The van der Waals surface area contributed by atoms with Crippen LogP contribution >= 0.6 is 0 Å². The number of aliphatic hydroxyl groups excluding tert-OH is 1. The fourth-order valence-corrected chi connectivity index (χ4v) is 4.11. The van der Waals surface area contributed by atoms with E-state index in [2.05, 4.69) is 17.1 Å². The fourth-order valence-electron chi connectivity index (χ4n) is 4.11. The molecular formula is C16H32N2O. The predicted molar refractivity (Wildman–Crippen MR) is 80.3 cm³/mol. The number of nitrogens with zero attached hydrogens (tertiary/aromatic N) is 1. The Bertz CT molecular complexity index is 265. The summed E-state index contributed by atoms with van der Waals surface area (Å²) in [4.78, 5) is 2.71. The summed E-state index contributed by atoms with van der Waals surface area (Å²) in [6.45, 7) is 5.14. The van der Waals surface area contributed by atoms with Crippen LogP contribution in [0.25, 0.3) is 0 Å². The van der Waals surface area contributed by atoms with Gasteiger partial charge >= 0.3 is 0 Å². The Labute approximate surface area is 118 Å². The maximum absolute atomic E-state index is 9.62. The van der Waals surface area contributed by atoms with Crippen LogP contribution in [0.1, 0.15) is 58.3 Å². The van der Waals surface area contributed by atoms with Gasteiger partial charge in [-0.2, -0.15) is 0 Å². The van der Waals surface area contributed by atoms with Gasteiger partial charge < -0.3 is 15.3 Å². The molecule has 0 amide bonds. The number of aliphatic hydroxyl groups is 1. The summed E-state index contributed by atoms with van der Waals surface area (Å²) in [6.07, 6.45) is 10.4. The minimum Gasteiger partial charge on any atom is -0.394 e. The molecule has 3 nitrogen and oxygen atoms in total. The van der Waals surface area contributed by atoms with E-state index in [-0.39, 0.29) is 12.1 Å². The van der Waals surface area contributed by atoms with E-state index in [1.54, 1.807) is 0 Å². The van der Waals surface area contributed by atoms with Crippen molar-refractivity contribution in [3.8, 4) is 0 Å². The quantitative estimate of drug-likeness (QED) is 0.803. The summed E-state index contributed by atoms with van der Waals surface area (Å²) >= 11 is 0. The predicted octanol–water partition coefficient (Wildman–Crippen LogP) is 2.39. The van der Waals surface area contributed by atoms with Crippen molar-refractivity contribution in [2.75, 3.05) is 26.7 Å². The summed E-state index contributed by atoms with van der Waals surface area (Å²) in [5.74, 6) is 0.961. The lowest BCUT2D eigenvalue weighted by Gasteiger charge is -2.31. The van der Waals surface area contributed by atoms with E-state index in [1.165, 1.54) is 51.6 Å². The molecule has 0 aromatic carbocycles. The minimum atomic E-state index is -0.000207. The van der Waals surface area contributed by atoms with Gasteiger partial charge in [-0.1, -0.05) is 19.8 Å². The molecule has 1 aliphatic carbocycles. The van der Waals surface area contributed by atoms with E-state index in [1.807, 2.05) is 7.05 Å². The van der Waals surface area contributed by atoms with Crippen LogP contribution in [0.4, 0.5) is 0 Å². The largest absolute Gasteiger partial charge is 0.394 e. The second-order valence-electron chi connectivity index (χ2n) is 6.71. The topological polar surface area (TPSA) is 35.5 Å². The maximum Gasteiger partial charge on any atom is 0.0613 e. The average molecular weight is 268 g/mol. The van der Waals surface area contributed by atoms with Crippen LogP contribution in [-0.4, -0.2) is 48.3 Å². The monoisotopic (exact) mass is 268 g/mol.